The summed E-state index contributed by atoms with van der Waals surface area (Å²) in [4.78, 5) is 7.02. The molecule has 0 aliphatic carbocycles. The van der Waals surface area contributed by atoms with Crippen molar-refractivity contribution in [3.63, 3.8) is 0 Å². The lowest BCUT2D eigenvalue weighted by molar-refractivity contribution is 1.28. The fraction of sp³-hybridized carbons (Fsp3) is 0. The van der Waals surface area contributed by atoms with Crippen LogP contribution in [0.2, 0.25) is 0 Å². The molecule has 0 bridgehead atoms. The quantitative estimate of drug-likeness (QED) is 0.159. The zero-order valence-corrected chi connectivity index (χ0v) is 29.2. The molecule has 0 amide bonds. The summed E-state index contributed by atoms with van der Waals surface area (Å²) in [5.41, 5.74) is 15.0. The van der Waals surface area contributed by atoms with E-state index in [9.17, 15) is 0 Å². The van der Waals surface area contributed by atoms with E-state index < -0.39 is 0 Å². The minimum absolute atomic E-state index is 0.976. The van der Waals surface area contributed by atoms with Gasteiger partial charge in [0.1, 0.15) is 0 Å². The van der Waals surface area contributed by atoms with Crippen LogP contribution in [0.5, 0.6) is 0 Å². The number of rotatable bonds is 8. The molecule has 1 heterocycles. The van der Waals surface area contributed by atoms with E-state index in [4.69, 9.17) is 4.98 Å². The van der Waals surface area contributed by atoms with Crippen LogP contribution in [0.3, 0.4) is 0 Å². The Labute approximate surface area is 310 Å². The van der Waals surface area contributed by atoms with Crippen LogP contribution >= 0.6 is 0 Å². The van der Waals surface area contributed by atoms with Crippen LogP contribution in [0.1, 0.15) is 0 Å². The lowest BCUT2D eigenvalue weighted by Crippen LogP contribution is -2.09. The molecule has 8 aromatic carbocycles. The van der Waals surface area contributed by atoms with Crippen molar-refractivity contribution in [2.45, 2.75) is 0 Å². The third-order valence-electron chi connectivity index (χ3n) is 9.94. The van der Waals surface area contributed by atoms with Gasteiger partial charge in [0.2, 0.25) is 0 Å². The average molecular weight is 677 g/mol. The van der Waals surface area contributed by atoms with Crippen molar-refractivity contribution < 1.29 is 0 Å². The van der Waals surface area contributed by atoms with Gasteiger partial charge in [-0.15, -0.1) is 0 Å². The molecule has 250 valence electrons. The van der Waals surface area contributed by atoms with E-state index in [2.05, 4.69) is 205 Å². The average Bonchev–Trinajstić information content (AvgIpc) is 3.25. The maximum absolute atomic E-state index is 4.69. The van der Waals surface area contributed by atoms with Crippen molar-refractivity contribution in [2.24, 2.45) is 0 Å². The molecule has 2 heteroatoms. The second-order valence-corrected chi connectivity index (χ2v) is 13.2. The van der Waals surface area contributed by atoms with Crippen molar-refractivity contribution in [3.05, 3.63) is 219 Å². The monoisotopic (exact) mass is 676 g/mol. The van der Waals surface area contributed by atoms with E-state index in [1.54, 1.807) is 0 Å². The summed E-state index contributed by atoms with van der Waals surface area (Å²) in [6.45, 7) is 0. The standard InChI is InChI=1S/C51H36N2/c1-3-14-37(15-4-1)41-18-11-19-42(36-41)47-23-8-7-22-46(47)38-27-31-44(32-28-38)53(43-20-5-2-6-21-43)45-33-29-39(30-34-45)48-24-12-16-40-17-13-25-49(51(40)48)50-26-9-10-35-52-50/h1-36H. The van der Waals surface area contributed by atoms with E-state index >= 15 is 0 Å². The molecule has 1 aromatic heterocycles. The normalized spacial score (nSPS) is 11.0. The van der Waals surface area contributed by atoms with E-state index in [0.29, 0.717) is 0 Å². The van der Waals surface area contributed by atoms with Crippen LogP contribution in [0.25, 0.3) is 66.5 Å². The highest BCUT2D eigenvalue weighted by Gasteiger charge is 2.16. The Morgan fingerprint density at radius 1 is 0.302 bits per heavy atom. The molecule has 53 heavy (non-hydrogen) atoms. The summed E-state index contributed by atoms with van der Waals surface area (Å²) in [6, 6.07) is 75.7. The molecule has 0 unspecified atom stereocenters. The molecular formula is C51H36N2. The molecular weight excluding hydrogens is 641 g/mol. The van der Waals surface area contributed by atoms with Crippen LogP contribution in [0, 0.1) is 0 Å². The summed E-state index contributed by atoms with van der Waals surface area (Å²) in [5, 5.41) is 2.41. The van der Waals surface area contributed by atoms with Gasteiger partial charge in [0.15, 0.2) is 0 Å². The summed E-state index contributed by atoms with van der Waals surface area (Å²) >= 11 is 0. The van der Waals surface area contributed by atoms with Crippen molar-refractivity contribution in [1.82, 2.24) is 4.98 Å². The van der Waals surface area contributed by atoms with E-state index in [-0.39, 0.29) is 0 Å². The van der Waals surface area contributed by atoms with Crippen molar-refractivity contribution in [3.8, 4) is 55.8 Å². The zero-order valence-electron chi connectivity index (χ0n) is 29.2. The minimum Gasteiger partial charge on any atom is -0.311 e. The fourth-order valence-electron chi connectivity index (χ4n) is 7.40. The van der Waals surface area contributed by atoms with Crippen LogP contribution in [0.4, 0.5) is 17.1 Å². The van der Waals surface area contributed by atoms with Crippen molar-refractivity contribution >= 4 is 27.8 Å². The highest BCUT2D eigenvalue weighted by Crippen LogP contribution is 2.40. The SMILES string of the molecule is c1ccc(-c2cccc(-c3ccccc3-c3ccc(N(c4ccccc4)c4ccc(-c5cccc6cccc(-c7ccccn7)c56)cc4)cc3)c2)cc1. The first-order chi connectivity index (χ1) is 26.3. The second-order valence-electron chi connectivity index (χ2n) is 13.2. The summed E-state index contributed by atoms with van der Waals surface area (Å²) in [7, 11) is 0. The van der Waals surface area contributed by atoms with E-state index in [1.165, 1.54) is 55.3 Å². The smallest absolute Gasteiger partial charge is 0.0708 e. The van der Waals surface area contributed by atoms with Gasteiger partial charge in [-0.05, 0) is 110 Å². The van der Waals surface area contributed by atoms with Gasteiger partial charge in [-0.25, -0.2) is 0 Å². The number of pyridine rings is 1. The molecule has 2 nitrogen and oxygen atoms in total. The predicted octanol–water partition coefficient (Wildman–Crippen LogP) is 14.0. The first kappa shape index (κ1) is 31.9. The largest absolute Gasteiger partial charge is 0.311 e. The second kappa shape index (κ2) is 14.3. The first-order valence-corrected chi connectivity index (χ1v) is 18.0. The van der Waals surface area contributed by atoms with Crippen LogP contribution in [-0.2, 0) is 0 Å². The number of para-hydroxylation sites is 1. The number of hydrogen-bond donors (Lipinski definition) is 0. The van der Waals surface area contributed by atoms with Gasteiger partial charge in [-0.3, -0.25) is 4.98 Å². The maximum atomic E-state index is 4.69. The Kier molecular flexibility index (Phi) is 8.61. The van der Waals surface area contributed by atoms with Crippen LogP contribution in [-0.4, -0.2) is 4.98 Å². The molecule has 0 fully saturated rings. The number of benzene rings is 8. The highest BCUT2D eigenvalue weighted by atomic mass is 15.1. The topological polar surface area (TPSA) is 16.1 Å². The predicted molar refractivity (Wildman–Crippen MR) is 224 cm³/mol. The minimum atomic E-state index is 0.976. The molecule has 0 saturated carbocycles. The molecule has 0 radical (unpaired) electrons. The summed E-state index contributed by atoms with van der Waals surface area (Å²) in [5.74, 6) is 0. The number of aromatic nitrogens is 1. The summed E-state index contributed by atoms with van der Waals surface area (Å²) in [6.07, 6.45) is 1.86. The van der Waals surface area contributed by atoms with Gasteiger partial charge in [-0.2, -0.15) is 0 Å². The molecule has 9 rings (SSSR count). The van der Waals surface area contributed by atoms with E-state index in [1.807, 2.05) is 18.3 Å². The Morgan fingerprint density at radius 2 is 0.792 bits per heavy atom. The Hall–Kier alpha value is -7.03. The van der Waals surface area contributed by atoms with Gasteiger partial charge in [0, 0.05) is 28.8 Å². The highest BCUT2D eigenvalue weighted by molar-refractivity contribution is 6.06. The van der Waals surface area contributed by atoms with E-state index in [0.717, 1.165) is 28.3 Å². The number of fused-ring (bicyclic) bond motifs is 1. The Balaban J connectivity index is 1.07. The molecule has 9 aromatic rings. The summed E-state index contributed by atoms with van der Waals surface area (Å²) < 4.78 is 0. The van der Waals surface area contributed by atoms with Gasteiger partial charge in [0.05, 0.1) is 5.69 Å². The zero-order chi connectivity index (χ0) is 35.4. The fourth-order valence-corrected chi connectivity index (χ4v) is 7.40. The number of nitrogens with zero attached hydrogens (tertiary/aromatic N) is 2. The molecule has 0 aliphatic rings. The molecule has 0 aliphatic heterocycles. The lowest BCUT2D eigenvalue weighted by Gasteiger charge is -2.26. The molecule has 0 atom stereocenters. The van der Waals surface area contributed by atoms with Gasteiger partial charge >= 0.3 is 0 Å². The number of anilines is 3. The van der Waals surface area contributed by atoms with Crippen molar-refractivity contribution in [1.29, 1.82) is 0 Å². The first-order valence-electron chi connectivity index (χ1n) is 18.0. The molecule has 0 saturated heterocycles. The molecule has 0 spiro atoms. The van der Waals surface area contributed by atoms with Gasteiger partial charge < -0.3 is 4.90 Å². The number of hydrogen-bond acceptors (Lipinski definition) is 2. The van der Waals surface area contributed by atoms with Gasteiger partial charge in [-0.1, -0.05) is 158 Å². The van der Waals surface area contributed by atoms with Gasteiger partial charge in [0.25, 0.3) is 0 Å². The van der Waals surface area contributed by atoms with Crippen molar-refractivity contribution in [2.75, 3.05) is 4.90 Å². The lowest BCUT2D eigenvalue weighted by atomic mass is 9.92. The Bertz CT molecular complexity index is 2630. The van der Waals surface area contributed by atoms with Crippen LogP contribution < -0.4 is 4.90 Å². The Morgan fingerprint density at radius 3 is 1.45 bits per heavy atom. The molecule has 0 N–H and O–H groups in total. The maximum Gasteiger partial charge on any atom is 0.0708 e. The third-order valence-corrected chi connectivity index (χ3v) is 9.94. The third kappa shape index (κ3) is 6.39. The van der Waals surface area contributed by atoms with Crippen LogP contribution in [0.15, 0.2) is 219 Å².